The first-order valence-electron chi connectivity index (χ1n) is 15.4. The van der Waals surface area contributed by atoms with Crippen LogP contribution in [0.5, 0.6) is 0 Å². The summed E-state index contributed by atoms with van der Waals surface area (Å²) in [5, 5.41) is 1.11. The van der Waals surface area contributed by atoms with Crippen molar-refractivity contribution in [1.82, 2.24) is 19.9 Å². The average molecular weight is 685 g/mol. The first kappa shape index (κ1) is 35.9. The molecule has 48 heavy (non-hydrogen) atoms. The van der Waals surface area contributed by atoms with Gasteiger partial charge >= 0.3 is 24.4 Å². The van der Waals surface area contributed by atoms with Gasteiger partial charge < -0.3 is 23.8 Å². The molecule has 4 rings (SSSR count). The number of hydrazine groups is 2. The summed E-state index contributed by atoms with van der Waals surface area (Å²) in [5.41, 5.74) is 1.53. The molecule has 2 heterocycles. The van der Waals surface area contributed by atoms with Gasteiger partial charge in [-0.2, -0.15) is 10.0 Å². The van der Waals surface area contributed by atoms with E-state index in [0.29, 0.717) is 22.0 Å². The van der Waals surface area contributed by atoms with Crippen LogP contribution in [0, 0.1) is 0 Å². The summed E-state index contributed by atoms with van der Waals surface area (Å²) in [5.74, 6) is -0.685. The van der Waals surface area contributed by atoms with E-state index in [1.807, 2.05) is 30.3 Å². The Morgan fingerprint density at radius 1 is 0.792 bits per heavy atom. The van der Waals surface area contributed by atoms with Crippen LogP contribution in [0.4, 0.5) is 24.9 Å². The van der Waals surface area contributed by atoms with E-state index in [0.717, 1.165) is 15.6 Å². The number of amidine groups is 1. The maximum absolute atomic E-state index is 14.8. The molecule has 0 fully saturated rings. The third-order valence-corrected chi connectivity index (χ3v) is 7.32. The van der Waals surface area contributed by atoms with Crippen LogP contribution in [-0.4, -0.2) is 74.3 Å². The number of fused-ring (bicyclic) bond motifs is 2. The summed E-state index contributed by atoms with van der Waals surface area (Å²) < 4.78 is 22.2. The summed E-state index contributed by atoms with van der Waals surface area (Å²) in [4.78, 5) is 74.8. The van der Waals surface area contributed by atoms with Gasteiger partial charge in [0.15, 0.2) is 0 Å². The number of rotatable bonds is 6. The maximum Gasteiger partial charge on any atom is 0.440 e. The highest BCUT2D eigenvalue weighted by Gasteiger charge is 2.65. The minimum atomic E-state index is -2.22. The predicted octanol–water partition coefficient (Wildman–Crippen LogP) is 5.91. The van der Waals surface area contributed by atoms with Gasteiger partial charge in [-0.25, -0.2) is 29.6 Å². The maximum atomic E-state index is 14.8. The Labute approximate surface area is 283 Å². The number of nitrogens with zero attached hydrogens (tertiary/aromatic N) is 5. The molecule has 0 saturated heterocycles. The molecular formula is C32H40N6O9S. The number of hydrogen-bond donors (Lipinski definition) is 1. The first-order valence-corrected chi connectivity index (χ1v) is 16.2. The van der Waals surface area contributed by atoms with Crippen LogP contribution in [0.15, 0.2) is 59.6 Å². The summed E-state index contributed by atoms with van der Waals surface area (Å²) in [6.45, 7) is 12.9. The van der Waals surface area contributed by atoms with Crippen LogP contribution in [0.2, 0.25) is 0 Å². The number of ether oxygens (including phenoxy) is 4. The first-order chi connectivity index (χ1) is 22.6. The zero-order valence-corrected chi connectivity index (χ0v) is 28.8. The third-order valence-electron chi connectivity index (χ3n) is 6.47. The number of amides is 5. The molecule has 2 aliphatic rings. The number of para-hydroxylation sites is 1. The SMILES string of the molecule is CC(C)OC(=O)NN(SC1=NC2(C(=O)N(Cc3ccccc3)c3ccccc32)N(C(=O)OC(C)C)N1C(=O)OC(C)C)C(=O)OC(C)C. The Morgan fingerprint density at radius 2 is 1.35 bits per heavy atom. The molecule has 15 nitrogen and oxygen atoms in total. The van der Waals surface area contributed by atoms with E-state index >= 15 is 0 Å². The number of carbonyl (C=O) groups excluding carboxylic acids is 5. The van der Waals surface area contributed by atoms with Crippen molar-refractivity contribution >= 4 is 53.1 Å². The van der Waals surface area contributed by atoms with Gasteiger partial charge in [-0.3, -0.25) is 4.79 Å². The van der Waals surface area contributed by atoms with Crippen molar-refractivity contribution in [1.29, 1.82) is 0 Å². The van der Waals surface area contributed by atoms with E-state index < -0.39 is 65.5 Å². The van der Waals surface area contributed by atoms with Crippen molar-refractivity contribution in [3.8, 4) is 0 Å². The lowest BCUT2D eigenvalue weighted by Crippen LogP contribution is -2.59. The molecule has 0 aliphatic carbocycles. The standard InChI is InChI=1S/C32H40N6O9S/c1-19(2)44-28(40)34-38(31(43)47-22(7)8)48-27-33-32(37(30(42)46-21(5)6)36(27)29(41)45-20(3)4)24-16-12-13-17-25(24)35(26(32)39)18-23-14-10-9-11-15-23/h9-17,19-22H,18H2,1-8H3,(H,34,40). The average Bonchev–Trinajstić information content (AvgIpc) is 3.44. The Balaban J connectivity index is 1.93. The fourth-order valence-corrected chi connectivity index (χ4v) is 5.62. The van der Waals surface area contributed by atoms with E-state index in [9.17, 15) is 24.0 Å². The lowest BCUT2D eigenvalue weighted by atomic mass is 10.0. The van der Waals surface area contributed by atoms with Gasteiger partial charge in [0.2, 0.25) is 5.17 Å². The fourth-order valence-electron chi connectivity index (χ4n) is 4.81. The van der Waals surface area contributed by atoms with Gasteiger partial charge in [0, 0.05) is 5.56 Å². The monoisotopic (exact) mass is 684 g/mol. The van der Waals surface area contributed by atoms with E-state index in [-0.39, 0.29) is 12.1 Å². The molecule has 1 unspecified atom stereocenters. The number of hydrogen-bond acceptors (Lipinski definition) is 11. The second kappa shape index (κ2) is 14.8. The highest BCUT2D eigenvalue weighted by atomic mass is 32.2. The molecule has 1 spiro atoms. The van der Waals surface area contributed by atoms with Crippen LogP contribution in [-0.2, 0) is 35.9 Å². The third kappa shape index (κ3) is 7.59. The highest BCUT2D eigenvalue weighted by Crippen LogP contribution is 2.50. The van der Waals surface area contributed by atoms with E-state index in [1.54, 1.807) is 79.7 Å². The van der Waals surface area contributed by atoms with Crippen molar-refractivity contribution in [2.24, 2.45) is 4.99 Å². The van der Waals surface area contributed by atoms with E-state index in [2.05, 4.69) is 5.43 Å². The Morgan fingerprint density at radius 3 is 1.96 bits per heavy atom. The molecule has 2 aromatic carbocycles. The number of aliphatic imine (C=N–C) groups is 1. The van der Waals surface area contributed by atoms with Crippen LogP contribution in [0.1, 0.15) is 66.5 Å². The minimum absolute atomic E-state index is 0.107. The molecule has 2 aliphatic heterocycles. The normalized spacial score (nSPS) is 16.9. The van der Waals surface area contributed by atoms with Gasteiger partial charge in [-0.1, -0.05) is 48.5 Å². The predicted molar refractivity (Wildman–Crippen MR) is 176 cm³/mol. The fraction of sp³-hybridized carbons (Fsp3) is 0.438. The molecule has 0 aromatic heterocycles. The summed E-state index contributed by atoms with van der Waals surface area (Å²) in [7, 11) is 0. The van der Waals surface area contributed by atoms with Crippen LogP contribution < -0.4 is 10.3 Å². The Hall–Kier alpha value is -4.99. The number of nitrogens with one attached hydrogen (secondary N) is 1. The van der Waals surface area contributed by atoms with Crippen molar-refractivity contribution in [3.05, 3.63) is 65.7 Å². The van der Waals surface area contributed by atoms with E-state index in [4.69, 9.17) is 23.9 Å². The van der Waals surface area contributed by atoms with E-state index in [1.165, 1.54) is 4.90 Å². The Bertz CT molecular complexity index is 1570. The molecular weight excluding hydrogens is 644 g/mol. The second-order valence-electron chi connectivity index (χ2n) is 11.8. The topological polar surface area (TPSA) is 160 Å². The van der Waals surface area contributed by atoms with Gasteiger partial charge in [-0.05, 0) is 67.0 Å². The number of anilines is 1. The van der Waals surface area contributed by atoms with Crippen LogP contribution in [0.25, 0.3) is 0 Å². The van der Waals surface area contributed by atoms with Crippen molar-refractivity contribution in [2.45, 2.75) is 92.0 Å². The van der Waals surface area contributed by atoms with Crippen molar-refractivity contribution in [3.63, 3.8) is 0 Å². The molecule has 0 bridgehead atoms. The van der Waals surface area contributed by atoms with Gasteiger partial charge in [0.1, 0.15) is 0 Å². The summed E-state index contributed by atoms with van der Waals surface area (Å²) in [6.07, 6.45) is -6.80. The zero-order chi connectivity index (χ0) is 35.3. The highest BCUT2D eigenvalue weighted by molar-refractivity contribution is 8.12. The second-order valence-corrected chi connectivity index (χ2v) is 12.7. The van der Waals surface area contributed by atoms with Crippen LogP contribution >= 0.6 is 11.9 Å². The summed E-state index contributed by atoms with van der Waals surface area (Å²) in [6, 6.07) is 15.9. The minimum Gasteiger partial charge on any atom is -0.446 e. The lowest BCUT2D eigenvalue weighted by molar-refractivity contribution is -0.134. The lowest BCUT2D eigenvalue weighted by Gasteiger charge is -2.35. The largest absolute Gasteiger partial charge is 0.446 e. The van der Waals surface area contributed by atoms with Crippen LogP contribution in [0.3, 0.4) is 0 Å². The quantitative estimate of drug-likeness (QED) is 0.220. The smallest absolute Gasteiger partial charge is 0.440 e. The van der Waals surface area contributed by atoms with Crippen molar-refractivity contribution < 1.29 is 42.9 Å². The molecule has 5 amide bonds. The molecule has 258 valence electrons. The molecule has 0 saturated carbocycles. The van der Waals surface area contributed by atoms with Crippen molar-refractivity contribution in [2.75, 3.05) is 4.90 Å². The summed E-state index contributed by atoms with van der Waals surface area (Å²) >= 11 is 0.406. The van der Waals surface area contributed by atoms with Gasteiger partial charge in [0.05, 0.1) is 48.6 Å². The molecule has 1 atom stereocenters. The molecule has 1 N–H and O–H groups in total. The van der Waals surface area contributed by atoms with Gasteiger partial charge in [-0.15, -0.1) is 4.41 Å². The molecule has 16 heteroatoms. The number of carbonyl (C=O) groups is 5. The molecule has 0 radical (unpaired) electrons. The molecule has 2 aromatic rings. The number of benzene rings is 2. The zero-order valence-electron chi connectivity index (χ0n) is 28.0. The van der Waals surface area contributed by atoms with Gasteiger partial charge in [0.25, 0.3) is 11.6 Å². The Kier molecular flexibility index (Phi) is 11.1.